The molecule has 0 aliphatic rings. The van der Waals surface area contributed by atoms with Crippen LogP contribution < -0.4 is 0 Å². The lowest BCUT2D eigenvalue weighted by Gasteiger charge is -1.98. The fourth-order valence-corrected chi connectivity index (χ4v) is 1.48. The lowest BCUT2D eigenvalue weighted by atomic mass is 10.2. The Hall–Kier alpha value is -0.773. The molecule has 0 bridgehead atoms. The molecule has 0 heterocycles. The van der Waals surface area contributed by atoms with Crippen molar-refractivity contribution >= 4 is 9.46 Å². The van der Waals surface area contributed by atoms with E-state index in [2.05, 4.69) is 0 Å². The second-order valence-electron chi connectivity index (χ2n) is 2.56. The molecule has 1 aromatic rings. The zero-order chi connectivity index (χ0) is 8.97. The van der Waals surface area contributed by atoms with Crippen LogP contribution in [-0.4, -0.2) is 9.46 Å². The van der Waals surface area contributed by atoms with Crippen molar-refractivity contribution in [3.05, 3.63) is 35.6 Å². The molecule has 0 fully saturated rings. The van der Waals surface area contributed by atoms with Gasteiger partial charge in [-0.3, -0.25) is 8.22 Å². The molecular formula is C8H9F3Si. The van der Waals surface area contributed by atoms with Gasteiger partial charge in [-0.1, -0.05) is 12.1 Å². The maximum atomic E-state index is 12.3. The van der Waals surface area contributed by atoms with E-state index in [9.17, 15) is 12.6 Å². The quantitative estimate of drug-likeness (QED) is 0.507. The first-order chi connectivity index (χ1) is 5.68. The zero-order valence-corrected chi connectivity index (χ0v) is 7.59. The Morgan fingerprint density at radius 3 is 2.17 bits per heavy atom. The van der Waals surface area contributed by atoms with Crippen molar-refractivity contribution < 1.29 is 12.6 Å². The fraction of sp³-hybridized carbons (Fsp3) is 0.250. The summed E-state index contributed by atoms with van der Waals surface area (Å²) in [5, 5.41) is 0. The van der Waals surface area contributed by atoms with Crippen LogP contribution in [0.15, 0.2) is 24.3 Å². The van der Waals surface area contributed by atoms with Crippen LogP contribution in [0.1, 0.15) is 5.56 Å². The van der Waals surface area contributed by atoms with E-state index in [-0.39, 0.29) is 11.9 Å². The second kappa shape index (κ2) is 4.30. The van der Waals surface area contributed by atoms with E-state index >= 15 is 0 Å². The molecule has 66 valence electrons. The van der Waals surface area contributed by atoms with Crippen molar-refractivity contribution in [1.29, 1.82) is 0 Å². The van der Waals surface area contributed by atoms with Crippen LogP contribution in [0.2, 0.25) is 6.04 Å². The van der Waals surface area contributed by atoms with Gasteiger partial charge < -0.3 is 0 Å². The summed E-state index contributed by atoms with van der Waals surface area (Å²) in [4.78, 5) is 0. The lowest BCUT2D eigenvalue weighted by molar-refractivity contribution is 0.626. The second-order valence-corrected chi connectivity index (χ2v) is 3.92. The van der Waals surface area contributed by atoms with Crippen LogP contribution in [0.5, 0.6) is 0 Å². The van der Waals surface area contributed by atoms with Gasteiger partial charge in [0.1, 0.15) is 5.82 Å². The molecule has 0 aliphatic heterocycles. The minimum atomic E-state index is -3.45. The Morgan fingerprint density at radius 1 is 1.08 bits per heavy atom. The highest BCUT2D eigenvalue weighted by molar-refractivity contribution is 6.42. The summed E-state index contributed by atoms with van der Waals surface area (Å²) in [6.45, 7) is 0. The minimum Gasteiger partial charge on any atom is -0.275 e. The molecule has 1 aromatic carbocycles. The third-order valence-corrected chi connectivity index (χ3v) is 2.29. The van der Waals surface area contributed by atoms with E-state index in [0.717, 1.165) is 5.56 Å². The highest BCUT2D eigenvalue weighted by Gasteiger charge is 2.06. The van der Waals surface area contributed by atoms with E-state index in [4.69, 9.17) is 0 Å². The molecule has 0 radical (unpaired) electrons. The van der Waals surface area contributed by atoms with E-state index < -0.39 is 9.46 Å². The van der Waals surface area contributed by atoms with Crippen molar-refractivity contribution in [2.45, 2.75) is 12.5 Å². The molecule has 0 unspecified atom stereocenters. The Bertz CT molecular complexity index is 233. The predicted octanol–water partition coefficient (Wildman–Crippen LogP) is 2.53. The van der Waals surface area contributed by atoms with Gasteiger partial charge in [0, 0.05) is 0 Å². The molecule has 12 heavy (non-hydrogen) atoms. The molecule has 0 atom stereocenters. The van der Waals surface area contributed by atoms with E-state index in [1.807, 2.05) is 0 Å². The Labute approximate surface area is 71.0 Å². The first-order valence-corrected chi connectivity index (χ1v) is 5.40. The maximum Gasteiger partial charge on any atom is 0.411 e. The largest absolute Gasteiger partial charge is 0.411 e. The molecule has 0 saturated carbocycles. The molecule has 1 rings (SSSR count). The number of hydrogen-bond donors (Lipinski definition) is 0. The molecule has 0 nitrogen and oxygen atoms in total. The number of benzene rings is 1. The fourth-order valence-electron chi connectivity index (χ4n) is 0.927. The van der Waals surface area contributed by atoms with Crippen LogP contribution in [0.3, 0.4) is 0 Å². The van der Waals surface area contributed by atoms with Gasteiger partial charge in [-0.2, -0.15) is 0 Å². The summed E-state index contributed by atoms with van der Waals surface area (Å²) in [6.07, 6.45) is 0.365. The van der Waals surface area contributed by atoms with Crippen molar-refractivity contribution in [2.24, 2.45) is 0 Å². The molecule has 0 aliphatic carbocycles. The van der Waals surface area contributed by atoms with Gasteiger partial charge in [-0.15, -0.1) is 0 Å². The third-order valence-electron chi connectivity index (χ3n) is 1.56. The van der Waals surface area contributed by atoms with Crippen LogP contribution in [0.4, 0.5) is 12.6 Å². The van der Waals surface area contributed by atoms with Gasteiger partial charge in [-0.25, -0.2) is 4.39 Å². The van der Waals surface area contributed by atoms with E-state index in [0.29, 0.717) is 6.42 Å². The molecule has 4 heteroatoms. The van der Waals surface area contributed by atoms with Gasteiger partial charge in [-0.05, 0) is 30.2 Å². The van der Waals surface area contributed by atoms with Crippen molar-refractivity contribution in [3.8, 4) is 0 Å². The van der Waals surface area contributed by atoms with Crippen molar-refractivity contribution in [1.82, 2.24) is 0 Å². The number of halogens is 3. The maximum absolute atomic E-state index is 12.3. The average Bonchev–Trinajstić information content (AvgIpc) is 2.03. The van der Waals surface area contributed by atoms with E-state index in [1.54, 1.807) is 12.1 Å². The van der Waals surface area contributed by atoms with Crippen LogP contribution >= 0.6 is 0 Å². The SMILES string of the molecule is Fc1ccc(CC[SiH](F)F)cc1. The van der Waals surface area contributed by atoms with E-state index in [1.165, 1.54) is 12.1 Å². The molecule has 0 spiro atoms. The molecule has 0 N–H and O–H groups in total. The molecular weight excluding hydrogens is 181 g/mol. The van der Waals surface area contributed by atoms with Gasteiger partial charge in [0.2, 0.25) is 0 Å². The molecule has 0 amide bonds. The number of rotatable bonds is 3. The highest BCUT2D eigenvalue weighted by Crippen LogP contribution is 2.08. The number of hydrogen-bond acceptors (Lipinski definition) is 0. The Morgan fingerprint density at radius 2 is 1.67 bits per heavy atom. The lowest BCUT2D eigenvalue weighted by Crippen LogP contribution is -1.97. The smallest absolute Gasteiger partial charge is 0.275 e. The van der Waals surface area contributed by atoms with Crippen LogP contribution in [0.25, 0.3) is 0 Å². The standard InChI is InChI=1S/C8H9F3Si/c9-8-3-1-7(2-4-8)5-6-12(10)11/h1-4,12H,5-6H2. The molecule has 0 aromatic heterocycles. The predicted molar refractivity (Wildman–Crippen MR) is 44.3 cm³/mol. The summed E-state index contributed by atoms with van der Waals surface area (Å²) < 4.78 is 36.1. The van der Waals surface area contributed by atoms with Gasteiger partial charge in [0.15, 0.2) is 0 Å². The first-order valence-electron chi connectivity index (χ1n) is 3.71. The Kier molecular flexibility index (Phi) is 3.34. The summed E-state index contributed by atoms with van der Waals surface area (Å²) >= 11 is 0. The topological polar surface area (TPSA) is 0 Å². The Balaban J connectivity index is 2.48. The third kappa shape index (κ3) is 3.09. The minimum absolute atomic E-state index is 0.0222. The summed E-state index contributed by atoms with van der Waals surface area (Å²) in [6, 6.07) is 5.66. The number of aryl methyl sites for hydroxylation is 1. The zero-order valence-electron chi connectivity index (χ0n) is 6.43. The van der Waals surface area contributed by atoms with Gasteiger partial charge in [0.05, 0.1) is 0 Å². The summed E-state index contributed by atoms with van der Waals surface area (Å²) in [5.74, 6) is -0.326. The van der Waals surface area contributed by atoms with Crippen molar-refractivity contribution in [3.63, 3.8) is 0 Å². The van der Waals surface area contributed by atoms with Gasteiger partial charge in [0.25, 0.3) is 0 Å². The van der Waals surface area contributed by atoms with Crippen molar-refractivity contribution in [2.75, 3.05) is 0 Å². The summed E-state index contributed by atoms with van der Waals surface area (Å²) in [5.41, 5.74) is 0.782. The first kappa shape index (κ1) is 9.32. The monoisotopic (exact) mass is 190 g/mol. The average molecular weight is 190 g/mol. The summed E-state index contributed by atoms with van der Waals surface area (Å²) in [7, 11) is -3.45. The van der Waals surface area contributed by atoms with Crippen LogP contribution in [0, 0.1) is 5.82 Å². The van der Waals surface area contributed by atoms with Crippen LogP contribution in [-0.2, 0) is 6.42 Å². The molecule has 0 saturated heterocycles. The highest BCUT2D eigenvalue weighted by atomic mass is 28.4. The van der Waals surface area contributed by atoms with Gasteiger partial charge >= 0.3 is 9.46 Å². The normalized spacial score (nSPS) is 10.7.